The van der Waals surface area contributed by atoms with Crippen molar-refractivity contribution in [2.45, 2.75) is 13.3 Å². The predicted molar refractivity (Wildman–Crippen MR) is 125 cm³/mol. The number of Topliss-reactive ketones (excluding diaryl/α,β-unsaturated/α-hetero) is 1. The maximum atomic E-state index is 12.8. The Morgan fingerprint density at radius 1 is 1.06 bits per heavy atom. The van der Waals surface area contributed by atoms with Crippen LogP contribution in [-0.2, 0) is 16.4 Å². The third-order valence-electron chi connectivity index (χ3n) is 5.48. The minimum atomic E-state index is -3.15. The van der Waals surface area contributed by atoms with E-state index in [4.69, 9.17) is 0 Å². The maximum absolute atomic E-state index is 12.8. The summed E-state index contributed by atoms with van der Waals surface area (Å²) in [5.74, 6) is 0.897. The van der Waals surface area contributed by atoms with Crippen molar-refractivity contribution >= 4 is 33.0 Å². The summed E-state index contributed by atoms with van der Waals surface area (Å²) < 4.78 is 24.8. The Labute approximate surface area is 187 Å². The van der Waals surface area contributed by atoms with Gasteiger partial charge in [-0.15, -0.1) is 11.3 Å². The van der Waals surface area contributed by atoms with Crippen molar-refractivity contribution in [3.63, 3.8) is 0 Å². The van der Waals surface area contributed by atoms with Crippen molar-refractivity contribution in [2.75, 3.05) is 37.3 Å². The molecule has 0 atom stereocenters. The van der Waals surface area contributed by atoms with Gasteiger partial charge in [0.1, 0.15) is 5.82 Å². The smallest absolute Gasteiger partial charge is 0.211 e. The molecule has 0 aliphatic carbocycles. The van der Waals surface area contributed by atoms with Gasteiger partial charge < -0.3 is 4.90 Å². The van der Waals surface area contributed by atoms with Crippen LogP contribution in [0.5, 0.6) is 0 Å². The fraction of sp³-hybridized carbons (Fsp3) is 0.304. The molecule has 31 heavy (non-hydrogen) atoms. The molecule has 0 unspecified atom stereocenters. The van der Waals surface area contributed by atoms with Crippen molar-refractivity contribution in [1.82, 2.24) is 9.29 Å². The van der Waals surface area contributed by atoms with Gasteiger partial charge in [-0.3, -0.25) is 4.79 Å². The fourth-order valence-corrected chi connectivity index (χ4v) is 5.56. The molecule has 1 aliphatic rings. The molecule has 162 valence electrons. The van der Waals surface area contributed by atoms with E-state index in [-0.39, 0.29) is 5.78 Å². The number of sulfonamides is 1. The van der Waals surface area contributed by atoms with Gasteiger partial charge in [0, 0.05) is 43.7 Å². The Morgan fingerprint density at radius 2 is 1.77 bits per heavy atom. The third kappa shape index (κ3) is 5.03. The van der Waals surface area contributed by atoms with Gasteiger partial charge in [-0.05, 0) is 35.7 Å². The van der Waals surface area contributed by atoms with Crippen LogP contribution >= 0.6 is 11.3 Å². The Bertz CT molecular complexity index is 1160. The molecule has 6 nitrogen and oxygen atoms in total. The van der Waals surface area contributed by atoms with Crippen molar-refractivity contribution in [2.24, 2.45) is 0 Å². The number of pyridine rings is 1. The number of carbonyl (C=O) groups excluding carboxylic acids is 1. The highest BCUT2D eigenvalue weighted by Crippen LogP contribution is 2.31. The number of hydrogen-bond acceptors (Lipinski definition) is 6. The van der Waals surface area contributed by atoms with Gasteiger partial charge in [0.15, 0.2) is 5.78 Å². The van der Waals surface area contributed by atoms with E-state index in [0.717, 1.165) is 32.3 Å². The summed E-state index contributed by atoms with van der Waals surface area (Å²) in [4.78, 5) is 21.3. The van der Waals surface area contributed by atoms with Crippen LogP contribution in [0.1, 0.15) is 20.1 Å². The second kappa shape index (κ2) is 8.90. The molecule has 3 heterocycles. The maximum Gasteiger partial charge on any atom is 0.211 e. The lowest BCUT2D eigenvalue weighted by Gasteiger charge is -2.34. The zero-order chi connectivity index (χ0) is 22.0. The van der Waals surface area contributed by atoms with Crippen molar-refractivity contribution < 1.29 is 13.2 Å². The van der Waals surface area contributed by atoms with Crippen LogP contribution in [0.3, 0.4) is 0 Å². The van der Waals surface area contributed by atoms with E-state index in [2.05, 4.69) is 22.0 Å². The molecule has 0 bridgehead atoms. The van der Waals surface area contributed by atoms with Crippen LogP contribution in [-0.4, -0.2) is 55.9 Å². The highest BCUT2D eigenvalue weighted by molar-refractivity contribution is 7.88. The number of ketones is 1. The summed E-state index contributed by atoms with van der Waals surface area (Å²) >= 11 is 1.53. The molecule has 3 aromatic rings. The zero-order valence-corrected chi connectivity index (χ0v) is 19.2. The summed E-state index contributed by atoms with van der Waals surface area (Å²) in [6, 6.07) is 15.9. The number of benzene rings is 1. The van der Waals surface area contributed by atoms with Gasteiger partial charge in [0.05, 0.1) is 11.1 Å². The number of rotatable bonds is 6. The summed E-state index contributed by atoms with van der Waals surface area (Å²) in [5, 5.41) is 0. The van der Waals surface area contributed by atoms with Crippen LogP contribution in [0, 0.1) is 6.92 Å². The standard InChI is InChI=1S/C23H25N3O3S2/c1-17-20(19-6-4-3-5-7-19)15-22(30-17)21(27)14-18-8-9-23(24-16-18)25-10-12-26(13-11-25)31(2,28)29/h3-9,15-16H,10-14H2,1-2H3. The van der Waals surface area contributed by atoms with Gasteiger partial charge in [-0.25, -0.2) is 13.4 Å². The van der Waals surface area contributed by atoms with Gasteiger partial charge in [-0.1, -0.05) is 36.4 Å². The highest BCUT2D eigenvalue weighted by atomic mass is 32.2. The van der Waals surface area contributed by atoms with Crippen molar-refractivity contribution in [3.8, 4) is 11.1 Å². The average Bonchev–Trinajstić information content (AvgIpc) is 3.16. The molecule has 1 fully saturated rings. The lowest BCUT2D eigenvalue weighted by atomic mass is 10.0. The summed E-state index contributed by atoms with van der Waals surface area (Å²) in [5.41, 5.74) is 3.10. The van der Waals surface area contributed by atoms with Crippen LogP contribution in [0.25, 0.3) is 11.1 Å². The number of hydrogen-bond donors (Lipinski definition) is 0. The molecule has 0 N–H and O–H groups in total. The molecule has 0 amide bonds. The molecule has 0 radical (unpaired) electrons. The first-order valence-electron chi connectivity index (χ1n) is 10.2. The highest BCUT2D eigenvalue weighted by Gasteiger charge is 2.24. The normalized spacial score (nSPS) is 15.2. The van der Waals surface area contributed by atoms with Crippen LogP contribution in [0.4, 0.5) is 5.82 Å². The average molecular weight is 456 g/mol. The number of carbonyl (C=O) groups is 1. The van der Waals surface area contributed by atoms with Crippen LogP contribution in [0.2, 0.25) is 0 Å². The predicted octanol–water partition coefficient (Wildman–Crippen LogP) is 3.63. The first-order chi connectivity index (χ1) is 14.8. The topological polar surface area (TPSA) is 70.6 Å². The SMILES string of the molecule is Cc1sc(C(=O)Cc2ccc(N3CCN(S(C)(=O)=O)CC3)nc2)cc1-c1ccccc1. The quantitative estimate of drug-likeness (QED) is 0.531. The molecule has 8 heteroatoms. The lowest BCUT2D eigenvalue weighted by Crippen LogP contribution is -2.48. The minimum Gasteiger partial charge on any atom is -0.354 e. The molecule has 1 aliphatic heterocycles. The van der Waals surface area contributed by atoms with Gasteiger partial charge in [0.2, 0.25) is 10.0 Å². The molecule has 0 spiro atoms. The van der Waals surface area contributed by atoms with Gasteiger partial charge in [-0.2, -0.15) is 4.31 Å². The molecular weight excluding hydrogens is 430 g/mol. The second-order valence-corrected chi connectivity index (χ2v) is 11.0. The van der Waals surface area contributed by atoms with Crippen LogP contribution < -0.4 is 4.90 Å². The van der Waals surface area contributed by atoms with E-state index in [0.29, 0.717) is 32.6 Å². The Kier molecular flexibility index (Phi) is 6.22. The number of piperazine rings is 1. The number of aromatic nitrogens is 1. The van der Waals surface area contributed by atoms with E-state index < -0.39 is 10.0 Å². The van der Waals surface area contributed by atoms with E-state index in [1.54, 1.807) is 6.20 Å². The molecule has 1 saturated heterocycles. The van der Waals surface area contributed by atoms with E-state index in [1.165, 1.54) is 21.9 Å². The van der Waals surface area contributed by atoms with Crippen molar-refractivity contribution in [3.05, 3.63) is 70.0 Å². The molecular formula is C23H25N3O3S2. The Balaban J connectivity index is 1.40. The monoisotopic (exact) mass is 455 g/mol. The van der Waals surface area contributed by atoms with Crippen molar-refractivity contribution in [1.29, 1.82) is 0 Å². The zero-order valence-electron chi connectivity index (χ0n) is 17.6. The summed E-state index contributed by atoms with van der Waals surface area (Å²) in [6.07, 6.45) is 3.29. The van der Waals surface area contributed by atoms with Gasteiger partial charge in [0.25, 0.3) is 0 Å². The fourth-order valence-electron chi connectivity index (χ4n) is 3.75. The van der Waals surface area contributed by atoms with E-state index >= 15 is 0 Å². The minimum absolute atomic E-state index is 0.0894. The first kappa shape index (κ1) is 21.7. The van der Waals surface area contributed by atoms with E-state index in [1.807, 2.05) is 43.3 Å². The molecule has 1 aromatic carbocycles. The van der Waals surface area contributed by atoms with Gasteiger partial charge >= 0.3 is 0 Å². The number of nitrogens with zero attached hydrogens (tertiary/aromatic N) is 3. The number of thiophene rings is 1. The molecule has 2 aromatic heterocycles. The number of anilines is 1. The first-order valence-corrected chi connectivity index (χ1v) is 12.8. The van der Waals surface area contributed by atoms with E-state index in [9.17, 15) is 13.2 Å². The Morgan fingerprint density at radius 3 is 2.39 bits per heavy atom. The molecule has 4 rings (SSSR count). The summed E-state index contributed by atoms with van der Waals surface area (Å²) in [6.45, 7) is 4.18. The number of aryl methyl sites for hydroxylation is 1. The van der Waals surface area contributed by atoms with Crippen LogP contribution in [0.15, 0.2) is 54.7 Å². The second-order valence-electron chi connectivity index (χ2n) is 7.72. The third-order valence-corrected chi connectivity index (χ3v) is 7.88. The lowest BCUT2D eigenvalue weighted by molar-refractivity contribution is 0.0996. The molecule has 0 saturated carbocycles. The Hall–Kier alpha value is -2.55. The largest absolute Gasteiger partial charge is 0.354 e. The summed E-state index contributed by atoms with van der Waals surface area (Å²) in [7, 11) is -3.15.